The molecule has 0 aliphatic rings. The number of carbonyl (C=O) groups is 3. The van der Waals surface area contributed by atoms with Crippen LogP contribution in [-0.2, 0) is 19.0 Å². The zero-order chi connectivity index (χ0) is 17.9. The van der Waals surface area contributed by atoms with Gasteiger partial charge in [0.2, 0.25) is 0 Å². The van der Waals surface area contributed by atoms with Crippen LogP contribution in [0, 0.1) is 5.92 Å². The van der Waals surface area contributed by atoms with Crippen molar-refractivity contribution in [2.45, 2.75) is 20.3 Å². The third kappa shape index (κ3) is 6.00. The Bertz CT molecular complexity index is 568. The number of hydrogen-bond donors (Lipinski definition) is 1. The molecule has 1 unspecified atom stereocenters. The van der Waals surface area contributed by atoms with Gasteiger partial charge in [-0.15, -0.1) is 0 Å². The molecule has 1 rings (SSSR count). The molecule has 0 saturated heterocycles. The highest BCUT2D eigenvalue weighted by molar-refractivity contribution is 6.03. The van der Waals surface area contributed by atoms with E-state index in [9.17, 15) is 14.4 Å². The summed E-state index contributed by atoms with van der Waals surface area (Å²) in [4.78, 5) is 35.4. The number of carbonyl (C=O) groups excluding carboxylic acids is 3. The first-order valence-electron chi connectivity index (χ1n) is 7.72. The van der Waals surface area contributed by atoms with Gasteiger partial charge in [0.25, 0.3) is 0 Å². The van der Waals surface area contributed by atoms with Gasteiger partial charge in [0.05, 0.1) is 23.7 Å². The summed E-state index contributed by atoms with van der Waals surface area (Å²) in [6, 6.07) is 6.03. The van der Waals surface area contributed by atoms with E-state index in [0.717, 1.165) is 0 Å². The molecule has 1 N–H and O–H groups in total. The number of aliphatic hydroxyl groups is 1. The first-order valence-corrected chi connectivity index (χ1v) is 7.72. The normalized spacial score (nSPS) is 11.5. The van der Waals surface area contributed by atoms with E-state index in [1.807, 2.05) is 6.92 Å². The van der Waals surface area contributed by atoms with Crippen molar-refractivity contribution in [3.63, 3.8) is 0 Å². The zero-order valence-corrected chi connectivity index (χ0v) is 13.8. The van der Waals surface area contributed by atoms with Gasteiger partial charge >= 0.3 is 17.9 Å². The molecule has 1 aromatic carbocycles. The van der Waals surface area contributed by atoms with Gasteiger partial charge in [0, 0.05) is 0 Å². The monoisotopic (exact) mass is 338 g/mol. The SMILES string of the molecule is CCC(C)C(=O)OCCOC(=O)c1ccccc1C(=O)OCCO. The molecule has 0 heterocycles. The lowest BCUT2D eigenvalue weighted by molar-refractivity contribution is -0.149. The Morgan fingerprint density at radius 1 is 0.958 bits per heavy atom. The molecule has 24 heavy (non-hydrogen) atoms. The minimum absolute atomic E-state index is 0.0487. The molecule has 1 atom stereocenters. The van der Waals surface area contributed by atoms with Gasteiger partial charge in [0.1, 0.15) is 19.8 Å². The molecular formula is C17H22O7. The average Bonchev–Trinajstić information content (AvgIpc) is 2.61. The highest BCUT2D eigenvalue weighted by Crippen LogP contribution is 2.12. The smallest absolute Gasteiger partial charge is 0.339 e. The van der Waals surface area contributed by atoms with E-state index in [-0.39, 0.29) is 49.4 Å². The lowest BCUT2D eigenvalue weighted by atomic mass is 10.1. The van der Waals surface area contributed by atoms with Crippen molar-refractivity contribution >= 4 is 17.9 Å². The first kappa shape index (κ1) is 19.6. The van der Waals surface area contributed by atoms with Crippen molar-refractivity contribution in [3.05, 3.63) is 35.4 Å². The number of esters is 3. The van der Waals surface area contributed by atoms with Crippen molar-refractivity contribution in [2.24, 2.45) is 5.92 Å². The minimum Gasteiger partial charge on any atom is -0.462 e. The highest BCUT2D eigenvalue weighted by atomic mass is 16.6. The molecule has 0 spiro atoms. The van der Waals surface area contributed by atoms with Crippen LogP contribution in [0.1, 0.15) is 41.0 Å². The van der Waals surface area contributed by atoms with Crippen molar-refractivity contribution in [1.82, 2.24) is 0 Å². The minimum atomic E-state index is -0.722. The number of benzene rings is 1. The van der Waals surface area contributed by atoms with Gasteiger partial charge in [0.15, 0.2) is 0 Å². The van der Waals surface area contributed by atoms with Gasteiger partial charge in [-0.1, -0.05) is 26.0 Å². The molecule has 7 nitrogen and oxygen atoms in total. The van der Waals surface area contributed by atoms with Crippen LogP contribution in [-0.4, -0.2) is 49.4 Å². The Morgan fingerprint density at radius 3 is 1.96 bits per heavy atom. The molecule has 0 amide bonds. The molecule has 0 saturated carbocycles. The Balaban J connectivity index is 2.56. The Morgan fingerprint density at radius 2 is 1.46 bits per heavy atom. The summed E-state index contributed by atoms with van der Waals surface area (Å²) in [6.07, 6.45) is 0.669. The summed E-state index contributed by atoms with van der Waals surface area (Å²) in [5.41, 5.74) is 0.0984. The predicted octanol–water partition coefficient (Wildman–Crippen LogP) is 1.58. The maximum absolute atomic E-state index is 12.1. The number of hydrogen-bond acceptors (Lipinski definition) is 7. The van der Waals surface area contributed by atoms with Gasteiger partial charge in [-0.05, 0) is 18.6 Å². The van der Waals surface area contributed by atoms with E-state index in [0.29, 0.717) is 6.42 Å². The lowest BCUT2D eigenvalue weighted by Crippen LogP contribution is -2.19. The van der Waals surface area contributed by atoms with Crippen LogP contribution in [0.3, 0.4) is 0 Å². The summed E-state index contributed by atoms with van der Waals surface area (Å²) < 4.78 is 14.8. The third-order valence-corrected chi connectivity index (χ3v) is 3.27. The van der Waals surface area contributed by atoms with E-state index in [4.69, 9.17) is 19.3 Å². The van der Waals surface area contributed by atoms with Crippen LogP contribution in [0.5, 0.6) is 0 Å². The Hall–Kier alpha value is -2.41. The second-order valence-electron chi connectivity index (χ2n) is 5.02. The maximum atomic E-state index is 12.1. The van der Waals surface area contributed by atoms with Crippen molar-refractivity contribution in [3.8, 4) is 0 Å². The second-order valence-corrected chi connectivity index (χ2v) is 5.02. The molecule has 0 fully saturated rings. The van der Waals surface area contributed by atoms with E-state index >= 15 is 0 Å². The van der Waals surface area contributed by atoms with E-state index in [2.05, 4.69) is 0 Å². The number of rotatable bonds is 9. The number of aliphatic hydroxyl groups excluding tert-OH is 1. The number of ether oxygens (including phenoxy) is 3. The molecule has 1 aromatic rings. The van der Waals surface area contributed by atoms with Crippen LogP contribution in [0.2, 0.25) is 0 Å². The average molecular weight is 338 g/mol. The fraction of sp³-hybridized carbons (Fsp3) is 0.471. The van der Waals surface area contributed by atoms with E-state index in [1.54, 1.807) is 19.1 Å². The van der Waals surface area contributed by atoms with Gasteiger partial charge in [-0.2, -0.15) is 0 Å². The topological polar surface area (TPSA) is 99.1 Å². The standard InChI is InChI=1S/C17H22O7/c1-3-12(2)15(19)23-10-11-24-17(21)14-7-5-4-6-13(14)16(20)22-9-8-18/h4-7,12,18H,3,8-11H2,1-2H3. The summed E-state index contributed by atoms with van der Waals surface area (Å²) in [6.45, 7) is 3.00. The van der Waals surface area contributed by atoms with Crippen LogP contribution >= 0.6 is 0 Å². The quantitative estimate of drug-likeness (QED) is 0.414. The molecule has 0 aliphatic heterocycles. The highest BCUT2D eigenvalue weighted by Gasteiger charge is 2.19. The zero-order valence-electron chi connectivity index (χ0n) is 13.8. The molecule has 0 aromatic heterocycles. The molecule has 0 bridgehead atoms. The summed E-state index contributed by atoms with van der Waals surface area (Å²) >= 11 is 0. The fourth-order valence-electron chi connectivity index (χ4n) is 1.72. The first-order chi connectivity index (χ1) is 11.5. The van der Waals surface area contributed by atoms with Crippen LogP contribution in [0.25, 0.3) is 0 Å². The van der Waals surface area contributed by atoms with Crippen LogP contribution in [0.15, 0.2) is 24.3 Å². The molecule has 0 radical (unpaired) electrons. The molecule has 0 aliphatic carbocycles. The lowest BCUT2D eigenvalue weighted by Gasteiger charge is -2.11. The summed E-state index contributed by atoms with van der Waals surface area (Å²) in [7, 11) is 0. The van der Waals surface area contributed by atoms with E-state index < -0.39 is 11.9 Å². The van der Waals surface area contributed by atoms with Gasteiger partial charge < -0.3 is 19.3 Å². The molecule has 7 heteroatoms. The third-order valence-electron chi connectivity index (χ3n) is 3.27. The predicted molar refractivity (Wildman–Crippen MR) is 84.5 cm³/mol. The second kappa shape index (κ2) is 10.4. The largest absolute Gasteiger partial charge is 0.462 e. The fourth-order valence-corrected chi connectivity index (χ4v) is 1.72. The molecule has 132 valence electrons. The van der Waals surface area contributed by atoms with Crippen LogP contribution < -0.4 is 0 Å². The van der Waals surface area contributed by atoms with Crippen molar-refractivity contribution < 1.29 is 33.7 Å². The van der Waals surface area contributed by atoms with E-state index in [1.165, 1.54) is 12.1 Å². The Kier molecular flexibility index (Phi) is 8.49. The van der Waals surface area contributed by atoms with Gasteiger partial charge in [-0.3, -0.25) is 4.79 Å². The molecular weight excluding hydrogens is 316 g/mol. The van der Waals surface area contributed by atoms with Crippen molar-refractivity contribution in [1.29, 1.82) is 0 Å². The maximum Gasteiger partial charge on any atom is 0.339 e. The summed E-state index contributed by atoms with van der Waals surface area (Å²) in [5, 5.41) is 8.68. The summed E-state index contributed by atoms with van der Waals surface area (Å²) in [5.74, 6) is -1.99. The van der Waals surface area contributed by atoms with Crippen molar-refractivity contribution in [2.75, 3.05) is 26.4 Å². The van der Waals surface area contributed by atoms with Crippen LogP contribution in [0.4, 0.5) is 0 Å². The van der Waals surface area contributed by atoms with Gasteiger partial charge in [-0.25, -0.2) is 9.59 Å². The Labute approximate surface area is 140 Å².